The lowest BCUT2D eigenvalue weighted by Gasteiger charge is -2.32. The molecule has 2 aliphatic rings. The minimum atomic E-state index is -0.822. The molecule has 2 N–H and O–H groups in total. The molecule has 2 aliphatic heterocycles. The number of aryl methyl sites for hydroxylation is 1. The first-order chi connectivity index (χ1) is 15.7. The zero-order chi connectivity index (χ0) is 23.6. The van der Waals surface area contributed by atoms with Gasteiger partial charge in [0.05, 0.1) is 40.2 Å². The molecular weight excluding hydrogens is 464 g/mol. The van der Waals surface area contributed by atoms with Crippen molar-refractivity contribution in [3.05, 3.63) is 38.4 Å². The van der Waals surface area contributed by atoms with E-state index in [1.807, 2.05) is 20.9 Å². The first kappa shape index (κ1) is 22.7. The zero-order valence-corrected chi connectivity index (χ0v) is 20.8. The Morgan fingerprint density at radius 2 is 2.12 bits per heavy atom. The van der Waals surface area contributed by atoms with Crippen molar-refractivity contribution in [3.8, 4) is 10.6 Å². The highest BCUT2D eigenvalue weighted by atomic mass is 35.5. The number of anilines is 1. The number of nitrogens with one attached hydrogen (secondary N) is 1. The van der Waals surface area contributed by atoms with E-state index in [-0.39, 0.29) is 23.6 Å². The molecule has 2 bridgehead atoms. The molecule has 0 saturated carbocycles. The highest BCUT2D eigenvalue weighted by Crippen LogP contribution is 2.42. The summed E-state index contributed by atoms with van der Waals surface area (Å²) >= 11 is 8.09. The SMILES string of the molecule is Cc1c(-c2nc(N[C@@H]3C[C@H]4CO[C@H](O4)[C@H]3O)ncc2Cl)sc2c(C(C)C)c(C)n(C)c(=O)c12. The van der Waals surface area contributed by atoms with Crippen LogP contribution < -0.4 is 10.9 Å². The van der Waals surface area contributed by atoms with Gasteiger partial charge in [0.25, 0.3) is 5.56 Å². The molecule has 10 heteroatoms. The third-order valence-corrected chi connectivity index (χ3v) is 8.24. The molecule has 0 aliphatic carbocycles. The summed E-state index contributed by atoms with van der Waals surface area (Å²) in [4.78, 5) is 23.0. The fourth-order valence-electron chi connectivity index (χ4n) is 4.82. The normalized spacial score (nSPS) is 24.7. The highest BCUT2D eigenvalue weighted by molar-refractivity contribution is 7.22. The molecular formula is C23H27ClN4O4S. The van der Waals surface area contributed by atoms with Crippen molar-refractivity contribution in [1.82, 2.24) is 14.5 Å². The van der Waals surface area contributed by atoms with Crippen LogP contribution in [0.3, 0.4) is 0 Å². The van der Waals surface area contributed by atoms with Gasteiger partial charge in [0, 0.05) is 17.4 Å². The number of halogens is 1. The van der Waals surface area contributed by atoms with E-state index in [2.05, 4.69) is 24.1 Å². The van der Waals surface area contributed by atoms with Crippen molar-refractivity contribution >= 4 is 39.0 Å². The Hall–Kier alpha value is -2.04. The fraction of sp³-hybridized carbons (Fsp3) is 0.522. The molecule has 3 aromatic heterocycles. The summed E-state index contributed by atoms with van der Waals surface area (Å²) in [6, 6.07) is -0.295. The molecule has 0 unspecified atom stereocenters. The Labute approximate surface area is 200 Å². The number of nitrogens with zero attached hydrogens (tertiary/aromatic N) is 3. The zero-order valence-electron chi connectivity index (χ0n) is 19.2. The van der Waals surface area contributed by atoms with Gasteiger partial charge in [0.2, 0.25) is 5.95 Å². The molecule has 0 amide bonds. The summed E-state index contributed by atoms with van der Waals surface area (Å²) in [5.41, 5.74) is 3.55. The molecule has 33 heavy (non-hydrogen) atoms. The lowest BCUT2D eigenvalue weighted by molar-refractivity contribution is -0.156. The van der Waals surface area contributed by atoms with Crippen LogP contribution in [0.15, 0.2) is 11.0 Å². The Balaban J connectivity index is 1.59. The topological polar surface area (TPSA) is 98.5 Å². The number of thiophene rings is 1. The lowest BCUT2D eigenvalue weighted by atomic mass is 9.99. The van der Waals surface area contributed by atoms with Gasteiger partial charge in [-0.2, -0.15) is 0 Å². The summed E-state index contributed by atoms with van der Waals surface area (Å²) in [6.07, 6.45) is 0.637. The van der Waals surface area contributed by atoms with E-state index in [0.29, 0.717) is 35.1 Å². The van der Waals surface area contributed by atoms with Gasteiger partial charge in [-0.25, -0.2) is 9.97 Å². The standard InChI is InChI=1S/C23H27ClN4O4S/c1-9(2)15-11(4)28(5)21(30)16-10(3)19(33-20(15)16)17-13(24)7-25-23(27-17)26-14-6-12-8-31-22(32-12)18(14)29/h7,9,12,14,18,22,29H,6,8H2,1-5H3,(H,25,26,27)/t12-,14+,18-,22+/m0/s1. The van der Waals surface area contributed by atoms with E-state index in [4.69, 9.17) is 26.1 Å². The molecule has 5 rings (SSSR count). The third kappa shape index (κ3) is 3.66. The van der Waals surface area contributed by atoms with E-state index in [1.165, 1.54) is 0 Å². The van der Waals surface area contributed by atoms with Crippen molar-refractivity contribution in [1.29, 1.82) is 0 Å². The Morgan fingerprint density at radius 3 is 2.85 bits per heavy atom. The lowest BCUT2D eigenvalue weighted by Crippen LogP contribution is -2.48. The molecule has 0 aromatic carbocycles. The van der Waals surface area contributed by atoms with Crippen LogP contribution in [0.25, 0.3) is 20.7 Å². The molecule has 0 spiro atoms. The molecule has 4 atom stereocenters. The number of rotatable bonds is 4. The van der Waals surface area contributed by atoms with Gasteiger partial charge in [-0.3, -0.25) is 4.79 Å². The second kappa shape index (κ2) is 8.32. The summed E-state index contributed by atoms with van der Waals surface area (Å²) in [5.74, 6) is 0.626. The third-order valence-electron chi connectivity index (χ3n) is 6.63. The molecule has 0 radical (unpaired) electrons. The summed E-state index contributed by atoms with van der Waals surface area (Å²) in [6.45, 7) is 8.67. The van der Waals surface area contributed by atoms with Gasteiger partial charge >= 0.3 is 0 Å². The summed E-state index contributed by atoms with van der Waals surface area (Å²) in [5, 5.41) is 14.9. The number of aliphatic hydroxyl groups excluding tert-OH is 1. The highest BCUT2D eigenvalue weighted by Gasteiger charge is 2.43. The van der Waals surface area contributed by atoms with Crippen LogP contribution in [0.1, 0.15) is 43.0 Å². The molecule has 5 heterocycles. The first-order valence-corrected chi connectivity index (χ1v) is 12.2. The van der Waals surface area contributed by atoms with E-state index in [1.54, 1.807) is 22.1 Å². The first-order valence-electron chi connectivity index (χ1n) is 11.0. The van der Waals surface area contributed by atoms with E-state index >= 15 is 0 Å². The van der Waals surface area contributed by atoms with Crippen LogP contribution in [-0.4, -0.2) is 50.8 Å². The monoisotopic (exact) mass is 490 g/mol. The van der Waals surface area contributed by atoms with Gasteiger partial charge in [-0.05, 0) is 37.3 Å². The summed E-state index contributed by atoms with van der Waals surface area (Å²) in [7, 11) is 1.81. The number of fused-ring (bicyclic) bond motifs is 3. The fourth-order valence-corrected chi connectivity index (χ4v) is 6.61. The predicted octanol–water partition coefficient (Wildman–Crippen LogP) is 3.74. The molecule has 8 nitrogen and oxygen atoms in total. The second-order valence-electron chi connectivity index (χ2n) is 9.11. The minimum Gasteiger partial charge on any atom is -0.386 e. The van der Waals surface area contributed by atoms with Crippen molar-refractivity contribution < 1.29 is 14.6 Å². The van der Waals surface area contributed by atoms with E-state index < -0.39 is 12.4 Å². The average Bonchev–Trinajstić information content (AvgIpc) is 3.33. The second-order valence-corrected chi connectivity index (χ2v) is 10.5. The smallest absolute Gasteiger partial charge is 0.259 e. The number of aliphatic hydroxyl groups is 1. The Bertz CT molecular complexity index is 1300. The van der Waals surface area contributed by atoms with E-state index in [9.17, 15) is 9.90 Å². The number of hydrogen-bond donors (Lipinski definition) is 2. The molecule has 3 aromatic rings. The summed E-state index contributed by atoms with van der Waals surface area (Å²) < 4.78 is 13.8. The number of ether oxygens (including phenoxy) is 2. The van der Waals surface area contributed by atoms with Crippen LogP contribution >= 0.6 is 22.9 Å². The van der Waals surface area contributed by atoms with Crippen LogP contribution in [-0.2, 0) is 16.5 Å². The van der Waals surface area contributed by atoms with Crippen LogP contribution in [0, 0.1) is 13.8 Å². The quantitative estimate of drug-likeness (QED) is 0.574. The average molecular weight is 491 g/mol. The van der Waals surface area contributed by atoms with Crippen molar-refractivity contribution in [2.45, 2.75) is 64.6 Å². The van der Waals surface area contributed by atoms with Crippen molar-refractivity contribution in [2.75, 3.05) is 11.9 Å². The van der Waals surface area contributed by atoms with Crippen LogP contribution in [0.4, 0.5) is 5.95 Å². The van der Waals surface area contributed by atoms with Gasteiger partial charge in [0.15, 0.2) is 6.29 Å². The number of hydrogen-bond acceptors (Lipinski definition) is 8. The van der Waals surface area contributed by atoms with Crippen molar-refractivity contribution in [3.63, 3.8) is 0 Å². The molecule has 2 saturated heterocycles. The molecule has 2 fully saturated rings. The van der Waals surface area contributed by atoms with Crippen LogP contribution in [0.5, 0.6) is 0 Å². The minimum absolute atomic E-state index is 0.0174. The number of pyridine rings is 1. The van der Waals surface area contributed by atoms with Gasteiger partial charge in [-0.1, -0.05) is 25.4 Å². The van der Waals surface area contributed by atoms with E-state index in [0.717, 1.165) is 26.4 Å². The van der Waals surface area contributed by atoms with Gasteiger partial charge < -0.3 is 24.5 Å². The maximum absolute atomic E-state index is 13.1. The maximum Gasteiger partial charge on any atom is 0.259 e. The largest absolute Gasteiger partial charge is 0.386 e. The Morgan fingerprint density at radius 1 is 1.36 bits per heavy atom. The Kier molecular flexibility index (Phi) is 5.73. The maximum atomic E-state index is 13.1. The van der Waals surface area contributed by atoms with Gasteiger partial charge in [0.1, 0.15) is 11.8 Å². The predicted molar refractivity (Wildman–Crippen MR) is 129 cm³/mol. The van der Waals surface area contributed by atoms with Gasteiger partial charge in [-0.15, -0.1) is 11.3 Å². The number of aromatic nitrogens is 3. The van der Waals surface area contributed by atoms with Crippen LogP contribution in [0.2, 0.25) is 5.02 Å². The molecule has 176 valence electrons. The van der Waals surface area contributed by atoms with Crippen molar-refractivity contribution in [2.24, 2.45) is 7.05 Å².